The molecule has 1 heterocycles. The molecule has 0 fully saturated rings. The number of nitrogens with zero attached hydrogens (tertiary/aromatic N) is 1. The Balaban J connectivity index is 2.53. The normalized spacial score (nSPS) is 10.6. The fourth-order valence-corrected chi connectivity index (χ4v) is 2.53. The van der Waals surface area contributed by atoms with Crippen molar-refractivity contribution in [2.24, 2.45) is 5.73 Å². The number of nitrogens with two attached hydrogens (primary N) is 1. The average molecular weight is 269 g/mol. The van der Waals surface area contributed by atoms with E-state index >= 15 is 0 Å². The van der Waals surface area contributed by atoms with Crippen LogP contribution in [-0.2, 0) is 6.54 Å². The van der Waals surface area contributed by atoms with Crippen LogP contribution < -0.4 is 10.5 Å². The van der Waals surface area contributed by atoms with Crippen molar-refractivity contribution < 1.29 is 4.74 Å². The zero-order chi connectivity index (χ0) is 12.4. The molecule has 0 aliphatic rings. The van der Waals surface area contributed by atoms with Crippen molar-refractivity contribution >= 4 is 22.9 Å². The van der Waals surface area contributed by atoms with Crippen molar-refractivity contribution in [1.29, 1.82) is 0 Å². The maximum atomic E-state index is 6.13. The third kappa shape index (κ3) is 2.44. The molecule has 0 spiro atoms. The highest BCUT2D eigenvalue weighted by Gasteiger charge is 2.12. The molecule has 0 radical (unpaired) electrons. The largest absolute Gasteiger partial charge is 0.496 e. The minimum absolute atomic E-state index is 0.443. The van der Waals surface area contributed by atoms with E-state index in [-0.39, 0.29) is 0 Å². The van der Waals surface area contributed by atoms with E-state index in [4.69, 9.17) is 22.1 Å². The van der Waals surface area contributed by atoms with E-state index < -0.39 is 0 Å². The third-order valence-electron chi connectivity index (χ3n) is 2.47. The van der Waals surface area contributed by atoms with Crippen molar-refractivity contribution in [1.82, 2.24) is 4.98 Å². The highest BCUT2D eigenvalue weighted by atomic mass is 35.5. The van der Waals surface area contributed by atoms with Crippen LogP contribution in [-0.4, -0.2) is 12.1 Å². The summed E-state index contributed by atoms with van der Waals surface area (Å²) < 4.78 is 5.36. The van der Waals surface area contributed by atoms with Crippen LogP contribution in [0, 0.1) is 6.92 Å². The first-order valence-corrected chi connectivity index (χ1v) is 6.40. The lowest BCUT2D eigenvalue weighted by molar-refractivity contribution is 0.416. The van der Waals surface area contributed by atoms with E-state index in [0.717, 1.165) is 27.6 Å². The van der Waals surface area contributed by atoms with Gasteiger partial charge in [0.1, 0.15) is 10.8 Å². The first-order valence-electron chi connectivity index (χ1n) is 5.14. The summed E-state index contributed by atoms with van der Waals surface area (Å²) in [5, 5.41) is 3.54. The van der Waals surface area contributed by atoms with Crippen molar-refractivity contribution in [2.45, 2.75) is 13.5 Å². The molecular weight excluding hydrogens is 256 g/mol. The fraction of sp³-hybridized carbons (Fsp3) is 0.250. The number of benzene rings is 1. The average Bonchev–Trinajstić information content (AvgIpc) is 2.80. The van der Waals surface area contributed by atoms with Gasteiger partial charge < -0.3 is 10.5 Å². The van der Waals surface area contributed by atoms with E-state index in [2.05, 4.69) is 4.98 Å². The molecule has 0 aliphatic heterocycles. The smallest absolute Gasteiger partial charge is 0.129 e. The second-order valence-corrected chi connectivity index (χ2v) is 4.92. The van der Waals surface area contributed by atoms with Crippen LogP contribution in [0.3, 0.4) is 0 Å². The number of thiazole rings is 1. The van der Waals surface area contributed by atoms with Gasteiger partial charge in [0.25, 0.3) is 0 Å². The molecule has 1 aromatic carbocycles. The van der Waals surface area contributed by atoms with Gasteiger partial charge >= 0.3 is 0 Å². The number of aryl methyl sites for hydroxylation is 1. The highest BCUT2D eigenvalue weighted by Crippen LogP contribution is 2.36. The van der Waals surface area contributed by atoms with E-state index in [1.54, 1.807) is 18.4 Å². The predicted octanol–water partition coefficient (Wildman–Crippen LogP) is 3.24. The van der Waals surface area contributed by atoms with Gasteiger partial charge in [-0.2, -0.15) is 0 Å². The fourth-order valence-electron chi connectivity index (χ4n) is 1.52. The Morgan fingerprint density at radius 3 is 2.82 bits per heavy atom. The van der Waals surface area contributed by atoms with Gasteiger partial charge in [-0.15, -0.1) is 11.3 Å². The lowest BCUT2D eigenvalue weighted by atomic mass is 10.1. The first kappa shape index (κ1) is 12.4. The molecule has 3 nitrogen and oxygen atoms in total. The molecule has 0 unspecified atom stereocenters. The van der Waals surface area contributed by atoms with Gasteiger partial charge in [0, 0.05) is 16.9 Å². The zero-order valence-electron chi connectivity index (χ0n) is 9.66. The number of hydrogen-bond acceptors (Lipinski definition) is 4. The summed E-state index contributed by atoms with van der Waals surface area (Å²) >= 11 is 7.67. The molecule has 5 heteroatoms. The molecular formula is C12H13ClN2OS. The van der Waals surface area contributed by atoms with Gasteiger partial charge in [-0.25, -0.2) is 4.98 Å². The molecule has 0 aliphatic carbocycles. The molecule has 2 N–H and O–H groups in total. The minimum Gasteiger partial charge on any atom is -0.496 e. The second kappa shape index (κ2) is 5.04. The van der Waals surface area contributed by atoms with Crippen molar-refractivity contribution in [3.8, 4) is 16.3 Å². The Bertz CT molecular complexity index is 539. The molecule has 0 saturated heterocycles. The van der Waals surface area contributed by atoms with E-state index in [0.29, 0.717) is 11.6 Å². The standard InChI is InChI=1S/C12H13ClN2OS/c1-7-3-11(16-2)9(4-10(7)13)12-15-8(5-14)6-17-12/h3-4,6H,5,14H2,1-2H3. The van der Waals surface area contributed by atoms with Crippen LogP contribution >= 0.6 is 22.9 Å². The Morgan fingerprint density at radius 1 is 1.47 bits per heavy atom. The lowest BCUT2D eigenvalue weighted by Gasteiger charge is -2.08. The third-order valence-corrected chi connectivity index (χ3v) is 3.80. The van der Waals surface area contributed by atoms with Crippen LogP contribution in [0.15, 0.2) is 17.5 Å². The number of hydrogen-bond donors (Lipinski definition) is 1. The molecule has 0 atom stereocenters. The molecule has 1 aromatic heterocycles. The molecule has 2 rings (SSSR count). The summed E-state index contributed by atoms with van der Waals surface area (Å²) in [5.74, 6) is 0.782. The van der Waals surface area contributed by atoms with Crippen LogP contribution in [0.2, 0.25) is 5.02 Å². The van der Waals surface area contributed by atoms with Gasteiger partial charge in [0.2, 0.25) is 0 Å². The Morgan fingerprint density at radius 2 is 2.24 bits per heavy atom. The molecule has 90 valence electrons. The molecule has 2 aromatic rings. The van der Waals surface area contributed by atoms with Gasteiger partial charge in [-0.3, -0.25) is 0 Å². The minimum atomic E-state index is 0.443. The second-order valence-electron chi connectivity index (χ2n) is 3.65. The summed E-state index contributed by atoms with van der Waals surface area (Å²) in [4.78, 5) is 4.43. The maximum absolute atomic E-state index is 6.13. The lowest BCUT2D eigenvalue weighted by Crippen LogP contribution is -1.96. The summed E-state index contributed by atoms with van der Waals surface area (Å²) in [6.45, 7) is 2.39. The van der Waals surface area contributed by atoms with Gasteiger partial charge in [0.05, 0.1) is 18.4 Å². The topological polar surface area (TPSA) is 48.1 Å². The summed E-state index contributed by atoms with van der Waals surface area (Å²) in [7, 11) is 1.64. The zero-order valence-corrected chi connectivity index (χ0v) is 11.2. The monoisotopic (exact) mass is 268 g/mol. The summed E-state index contributed by atoms with van der Waals surface area (Å²) in [6.07, 6.45) is 0. The Labute approximate surface area is 109 Å². The van der Waals surface area contributed by atoms with Crippen LogP contribution in [0.25, 0.3) is 10.6 Å². The van der Waals surface area contributed by atoms with Crippen molar-refractivity contribution in [3.05, 3.63) is 33.8 Å². The highest BCUT2D eigenvalue weighted by molar-refractivity contribution is 7.13. The number of rotatable bonds is 3. The van der Waals surface area contributed by atoms with E-state index in [1.165, 1.54) is 0 Å². The van der Waals surface area contributed by atoms with Crippen molar-refractivity contribution in [3.63, 3.8) is 0 Å². The Hall–Kier alpha value is -1.10. The predicted molar refractivity (Wildman–Crippen MR) is 71.7 cm³/mol. The number of aromatic nitrogens is 1. The first-order chi connectivity index (χ1) is 8.15. The number of methoxy groups -OCH3 is 1. The SMILES string of the molecule is COc1cc(C)c(Cl)cc1-c1nc(CN)cs1. The van der Waals surface area contributed by atoms with Gasteiger partial charge in [-0.1, -0.05) is 11.6 Å². The van der Waals surface area contributed by atoms with E-state index in [9.17, 15) is 0 Å². The van der Waals surface area contributed by atoms with Crippen molar-refractivity contribution in [2.75, 3.05) is 7.11 Å². The molecule has 0 bridgehead atoms. The maximum Gasteiger partial charge on any atom is 0.129 e. The molecule has 0 saturated carbocycles. The van der Waals surface area contributed by atoms with E-state index in [1.807, 2.05) is 24.4 Å². The van der Waals surface area contributed by atoms with Crippen LogP contribution in [0.5, 0.6) is 5.75 Å². The quantitative estimate of drug-likeness (QED) is 0.930. The summed E-state index contributed by atoms with van der Waals surface area (Å²) in [5.41, 5.74) is 8.33. The van der Waals surface area contributed by atoms with Crippen LogP contribution in [0.1, 0.15) is 11.3 Å². The number of ether oxygens (including phenoxy) is 1. The Kier molecular flexibility index (Phi) is 3.66. The molecule has 0 amide bonds. The van der Waals surface area contributed by atoms with Crippen LogP contribution in [0.4, 0.5) is 0 Å². The molecule has 17 heavy (non-hydrogen) atoms. The van der Waals surface area contributed by atoms with Gasteiger partial charge in [0.15, 0.2) is 0 Å². The van der Waals surface area contributed by atoms with Gasteiger partial charge in [-0.05, 0) is 24.6 Å². The number of halogens is 1. The summed E-state index contributed by atoms with van der Waals surface area (Å²) in [6, 6.07) is 3.80.